The number of rotatable bonds is 7. The zero-order valence-electron chi connectivity index (χ0n) is 19.5. The molecule has 0 aliphatic carbocycles. The molecule has 1 aromatic carbocycles. The number of methoxy groups -OCH3 is 1. The van der Waals surface area contributed by atoms with Crippen molar-refractivity contribution in [3.8, 4) is 0 Å². The molecule has 0 unspecified atom stereocenters. The van der Waals surface area contributed by atoms with Gasteiger partial charge in [0.05, 0.1) is 0 Å². The van der Waals surface area contributed by atoms with E-state index in [0.29, 0.717) is 0 Å². The average Bonchev–Trinajstić information content (AvgIpc) is 3.17. The molecule has 0 spiro atoms. The number of carbonyl (C=O) groups is 2. The molecular formula is C23H33NO8. The lowest BCUT2D eigenvalue weighted by Gasteiger charge is -2.29. The van der Waals surface area contributed by atoms with E-state index in [0.717, 1.165) is 5.56 Å². The monoisotopic (exact) mass is 451 g/mol. The highest BCUT2D eigenvalue weighted by Gasteiger charge is 2.58. The molecule has 1 amide bonds. The molecule has 9 heteroatoms. The maximum Gasteiger partial charge on any atom is 0.407 e. The van der Waals surface area contributed by atoms with Gasteiger partial charge in [0.15, 0.2) is 12.1 Å². The van der Waals surface area contributed by atoms with E-state index < -0.39 is 54.0 Å². The summed E-state index contributed by atoms with van der Waals surface area (Å²) < 4.78 is 34.2. The minimum atomic E-state index is -0.864. The third-order valence-corrected chi connectivity index (χ3v) is 5.09. The van der Waals surface area contributed by atoms with Crippen molar-refractivity contribution in [1.29, 1.82) is 0 Å². The first kappa shape index (κ1) is 24.4. The van der Waals surface area contributed by atoms with E-state index in [-0.39, 0.29) is 13.2 Å². The summed E-state index contributed by atoms with van der Waals surface area (Å²) in [5.41, 5.74) is 0.178. The van der Waals surface area contributed by atoms with Gasteiger partial charge < -0.3 is 33.7 Å². The number of hydrogen-bond donors (Lipinski definition) is 1. The Bertz CT molecular complexity index is 791. The molecule has 2 aliphatic heterocycles. The fourth-order valence-electron chi connectivity index (χ4n) is 3.77. The summed E-state index contributed by atoms with van der Waals surface area (Å²) in [5.74, 6) is -2.22. The quantitative estimate of drug-likeness (QED) is 0.632. The summed E-state index contributed by atoms with van der Waals surface area (Å²) in [7, 11) is 1.52. The Morgan fingerprint density at radius 1 is 1.16 bits per heavy atom. The van der Waals surface area contributed by atoms with E-state index in [9.17, 15) is 9.59 Å². The zero-order chi connectivity index (χ0) is 23.5. The Labute approximate surface area is 188 Å². The Balaban J connectivity index is 1.72. The second kappa shape index (κ2) is 9.74. The van der Waals surface area contributed by atoms with E-state index in [4.69, 9.17) is 28.4 Å². The highest BCUT2D eigenvalue weighted by Crippen LogP contribution is 2.40. The number of benzene rings is 1. The Hall–Kier alpha value is -2.20. The van der Waals surface area contributed by atoms with Gasteiger partial charge >= 0.3 is 12.1 Å². The first-order valence-corrected chi connectivity index (χ1v) is 10.7. The van der Waals surface area contributed by atoms with Crippen molar-refractivity contribution in [2.45, 2.75) is 77.2 Å². The fraction of sp³-hybridized carbons (Fsp3) is 0.652. The molecule has 9 nitrogen and oxygen atoms in total. The van der Waals surface area contributed by atoms with Gasteiger partial charge in [-0.05, 0) is 40.2 Å². The van der Waals surface area contributed by atoms with Gasteiger partial charge in [0.25, 0.3) is 0 Å². The Morgan fingerprint density at radius 3 is 2.47 bits per heavy atom. The first-order valence-electron chi connectivity index (χ1n) is 10.7. The van der Waals surface area contributed by atoms with Crippen LogP contribution in [0.5, 0.6) is 0 Å². The van der Waals surface area contributed by atoms with Gasteiger partial charge in [0.1, 0.15) is 36.4 Å². The van der Waals surface area contributed by atoms with Crippen molar-refractivity contribution >= 4 is 12.1 Å². The molecule has 2 fully saturated rings. The molecule has 2 saturated heterocycles. The summed E-state index contributed by atoms with van der Waals surface area (Å²) >= 11 is 0. The molecule has 1 aromatic rings. The molecule has 2 aliphatic rings. The number of ether oxygens (including phenoxy) is 6. The third-order valence-electron chi connectivity index (χ3n) is 5.09. The van der Waals surface area contributed by atoms with E-state index in [2.05, 4.69) is 5.32 Å². The zero-order valence-corrected chi connectivity index (χ0v) is 19.5. The molecule has 3 rings (SSSR count). The van der Waals surface area contributed by atoms with Crippen LogP contribution in [-0.2, 0) is 39.8 Å². The van der Waals surface area contributed by atoms with Crippen LogP contribution in [0.3, 0.4) is 0 Å². The van der Waals surface area contributed by atoms with E-state index in [1.54, 1.807) is 34.6 Å². The summed E-state index contributed by atoms with van der Waals surface area (Å²) in [6, 6.07) is 9.33. The second-order valence-corrected chi connectivity index (χ2v) is 9.35. The van der Waals surface area contributed by atoms with Crippen LogP contribution in [-0.4, -0.2) is 61.7 Å². The predicted octanol–water partition coefficient (Wildman–Crippen LogP) is 2.76. The van der Waals surface area contributed by atoms with Crippen LogP contribution >= 0.6 is 0 Å². The maximum atomic E-state index is 13.1. The summed E-state index contributed by atoms with van der Waals surface area (Å²) in [6.45, 7) is 8.89. The van der Waals surface area contributed by atoms with Crippen LogP contribution in [0.1, 0.15) is 40.2 Å². The molecule has 1 N–H and O–H groups in total. The van der Waals surface area contributed by atoms with Crippen LogP contribution in [0.15, 0.2) is 30.3 Å². The van der Waals surface area contributed by atoms with Gasteiger partial charge in [-0.1, -0.05) is 30.3 Å². The number of esters is 1. The van der Waals surface area contributed by atoms with Crippen molar-refractivity contribution in [3.05, 3.63) is 35.9 Å². The largest absolute Gasteiger partial charge is 0.460 e. The highest BCUT2D eigenvalue weighted by atomic mass is 16.8. The molecule has 32 heavy (non-hydrogen) atoms. The van der Waals surface area contributed by atoms with Crippen molar-refractivity contribution in [1.82, 2.24) is 5.32 Å². The maximum absolute atomic E-state index is 13.1. The predicted molar refractivity (Wildman–Crippen MR) is 113 cm³/mol. The number of nitrogens with one attached hydrogen (secondary N) is 1. The molecule has 0 bridgehead atoms. The molecule has 5 atom stereocenters. The van der Waals surface area contributed by atoms with Crippen LogP contribution in [0.2, 0.25) is 0 Å². The van der Waals surface area contributed by atoms with Crippen molar-refractivity contribution < 1.29 is 38.0 Å². The van der Waals surface area contributed by atoms with Crippen LogP contribution in [0.4, 0.5) is 4.79 Å². The van der Waals surface area contributed by atoms with Gasteiger partial charge in [-0.25, -0.2) is 4.79 Å². The molecule has 0 radical (unpaired) electrons. The van der Waals surface area contributed by atoms with Crippen molar-refractivity contribution in [2.75, 3.05) is 13.7 Å². The molecule has 178 valence electrons. The lowest BCUT2D eigenvalue weighted by atomic mass is 9.96. The molecule has 2 heterocycles. The normalized spacial score (nSPS) is 27.4. The lowest BCUT2D eigenvalue weighted by molar-refractivity contribution is -0.224. The van der Waals surface area contributed by atoms with Crippen LogP contribution in [0, 0.1) is 5.92 Å². The lowest BCUT2D eigenvalue weighted by Crippen LogP contribution is -2.47. The fourth-order valence-corrected chi connectivity index (χ4v) is 3.77. The van der Waals surface area contributed by atoms with Crippen LogP contribution in [0.25, 0.3) is 0 Å². The number of fused-ring (bicyclic) bond motifs is 1. The Kier molecular flexibility index (Phi) is 7.44. The molecule has 0 aromatic heterocycles. The topological polar surface area (TPSA) is 102 Å². The summed E-state index contributed by atoms with van der Waals surface area (Å²) in [6.07, 6.45) is -3.17. The first-order chi connectivity index (χ1) is 15.0. The van der Waals surface area contributed by atoms with E-state index >= 15 is 0 Å². The Morgan fingerprint density at radius 2 is 1.84 bits per heavy atom. The number of amides is 1. The number of carbonyl (C=O) groups excluding carboxylic acids is 2. The minimum absolute atomic E-state index is 0.0596. The average molecular weight is 452 g/mol. The van der Waals surface area contributed by atoms with Crippen LogP contribution < -0.4 is 5.32 Å². The van der Waals surface area contributed by atoms with Gasteiger partial charge in [-0.15, -0.1) is 0 Å². The van der Waals surface area contributed by atoms with Gasteiger partial charge in [-0.3, -0.25) is 4.79 Å². The van der Waals surface area contributed by atoms with Gasteiger partial charge in [0.2, 0.25) is 0 Å². The summed E-state index contributed by atoms with van der Waals surface area (Å²) in [5, 5.41) is 2.64. The molecule has 0 saturated carbocycles. The standard InChI is InChI=1S/C23H33NO8/c1-22(2,3)32-21(26)24-12-15(19(25)28-13-14-10-8-7-9-11-14)16-17(27-6)18-20(29-16)31-23(4,5)30-18/h7-11,15-18,20H,12-13H2,1-6H3,(H,24,26)/t15-,16-,17-,18-,20-/m1/s1. The smallest absolute Gasteiger partial charge is 0.407 e. The minimum Gasteiger partial charge on any atom is -0.460 e. The number of alkyl carbamates (subject to hydrolysis) is 1. The second-order valence-electron chi connectivity index (χ2n) is 9.35. The SMILES string of the molecule is CO[C@H]1[C@H]2OC(C)(C)O[C@H]2O[C@@H]1[C@@H](CNC(=O)OC(C)(C)C)C(=O)OCc1ccccc1. The van der Waals surface area contributed by atoms with Gasteiger partial charge in [-0.2, -0.15) is 0 Å². The van der Waals surface area contributed by atoms with Crippen molar-refractivity contribution in [3.63, 3.8) is 0 Å². The molecular weight excluding hydrogens is 418 g/mol. The highest BCUT2D eigenvalue weighted by molar-refractivity contribution is 5.75. The van der Waals surface area contributed by atoms with E-state index in [1.807, 2.05) is 30.3 Å². The summed E-state index contributed by atoms with van der Waals surface area (Å²) in [4.78, 5) is 25.3. The van der Waals surface area contributed by atoms with Crippen molar-refractivity contribution in [2.24, 2.45) is 5.92 Å². The number of hydrogen-bond acceptors (Lipinski definition) is 8. The van der Waals surface area contributed by atoms with Gasteiger partial charge in [0, 0.05) is 13.7 Å². The van der Waals surface area contributed by atoms with E-state index in [1.165, 1.54) is 7.11 Å². The third kappa shape index (κ3) is 6.19.